The predicted molar refractivity (Wildman–Crippen MR) is 72.1 cm³/mol. The molecule has 1 amide bonds. The second-order valence-corrected chi connectivity index (χ2v) is 5.61. The molecule has 0 aromatic heterocycles. The lowest BCUT2D eigenvalue weighted by Crippen LogP contribution is -2.40. The largest absolute Gasteiger partial charge is 0.353 e. The highest BCUT2D eigenvalue weighted by Gasteiger charge is 2.30. The number of rotatable bonds is 4. The van der Waals surface area contributed by atoms with Gasteiger partial charge in [0.2, 0.25) is 5.91 Å². The summed E-state index contributed by atoms with van der Waals surface area (Å²) in [6.07, 6.45) is 7.90. The molecule has 0 saturated heterocycles. The van der Waals surface area contributed by atoms with Crippen LogP contribution in [0, 0.1) is 11.8 Å². The van der Waals surface area contributed by atoms with Crippen LogP contribution in [0.15, 0.2) is 0 Å². The summed E-state index contributed by atoms with van der Waals surface area (Å²) in [6, 6.07) is 0.614. The third-order valence-electron chi connectivity index (χ3n) is 4.13. The zero-order valence-corrected chi connectivity index (χ0v) is 11.5. The maximum absolute atomic E-state index is 11.8. The van der Waals surface area contributed by atoms with E-state index in [1.807, 2.05) is 0 Å². The molecule has 0 spiro atoms. The Kier molecular flexibility index (Phi) is 5.74. The van der Waals surface area contributed by atoms with Gasteiger partial charge >= 0.3 is 0 Å². The second-order valence-electron chi connectivity index (χ2n) is 5.61. The number of nitrogens with one attached hydrogen (secondary N) is 1. The van der Waals surface area contributed by atoms with Crippen molar-refractivity contribution in [3.05, 3.63) is 0 Å². The summed E-state index contributed by atoms with van der Waals surface area (Å²) in [5.74, 6) is 1.37. The molecule has 3 unspecified atom stereocenters. The first-order valence-electron chi connectivity index (χ1n) is 6.71. The maximum Gasteiger partial charge on any atom is 0.220 e. The third-order valence-corrected chi connectivity index (χ3v) is 4.13. The molecule has 2 saturated carbocycles. The van der Waals surface area contributed by atoms with Crippen molar-refractivity contribution in [2.24, 2.45) is 17.6 Å². The van der Waals surface area contributed by atoms with Gasteiger partial charge in [0.25, 0.3) is 0 Å². The van der Waals surface area contributed by atoms with Crippen LogP contribution in [0.3, 0.4) is 0 Å². The highest BCUT2D eigenvalue weighted by molar-refractivity contribution is 5.85. The molecule has 3 N–H and O–H groups in total. The van der Waals surface area contributed by atoms with Crippen LogP contribution in [0.5, 0.6) is 0 Å². The first kappa shape index (κ1) is 14.8. The first-order chi connectivity index (χ1) is 7.66. The molecule has 2 aliphatic rings. The van der Waals surface area contributed by atoms with Gasteiger partial charge in [0.05, 0.1) is 0 Å². The van der Waals surface area contributed by atoms with Crippen LogP contribution < -0.4 is 11.1 Å². The van der Waals surface area contributed by atoms with Crippen LogP contribution in [0.1, 0.15) is 51.9 Å². The summed E-state index contributed by atoms with van der Waals surface area (Å²) in [7, 11) is 0. The molecule has 0 aromatic rings. The molecule has 4 heteroatoms. The standard InChI is InChI=1S/C13H24N2O.ClH/c1-9(10-6-7-10)15-13(16)8-11-4-2-3-5-12(11)14;/h9-12H,2-8,14H2,1H3,(H,15,16);1H. The summed E-state index contributed by atoms with van der Waals surface area (Å²) >= 11 is 0. The molecular formula is C13H25ClN2O. The lowest BCUT2D eigenvalue weighted by atomic mass is 9.83. The number of hydrogen-bond acceptors (Lipinski definition) is 2. The predicted octanol–water partition coefficient (Wildman–Crippen LogP) is 2.23. The number of nitrogens with two attached hydrogens (primary N) is 1. The molecule has 0 bridgehead atoms. The molecule has 0 aromatic carbocycles. The van der Waals surface area contributed by atoms with Crippen molar-refractivity contribution in [2.75, 3.05) is 0 Å². The molecule has 2 rings (SSSR count). The quantitative estimate of drug-likeness (QED) is 0.815. The van der Waals surface area contributed by atoms with Crippen molar-refractivity contribution in [3.8, 4) is 0 Å². The van der Waals surface area contributed by atoms with E-state index in [1.54, 1.807) is 0 Å². The molecule has 3 nitrogen and oxygen atoms in total. The zero-order valence-electron chi connectivity index (χ0n) is 10.7. The molecule has 2 aliphatic carbocycles. The Bertz CT molecular complexity index is 256. The van der Waals surface area contributed by atoms with Crippen LogP contribution >= 0.6 is 12.4 Å². The van der Waals surface area contributed by atoms with Crippen molar-refractivity contribution < 1.29 is 4.79 Å². The minimum absolute atomic E-state index is 0. The molecule has 0 heterocycles. The van der Waals surface area contributed by atoms with Gasteiger partial charge in [-0.05, 0) is 44.4 Å². The highest BCUT2D eigenvalue weighted by Crippen LogP contribution is 2.32. The molecule has 3 atom stereocenters. The highest BCUT2D eigenvalue weighted by atomic mass is 35.5. The molecule has 0 aliphatic heterocycles. The van der Waals surface area contributed by atoms with E-state index in [0.29, 0.717) is 18.4 Å². The summed E-state index contributed by atoms with van der Waals surface area (Å²) in [4.78, 5) is 11.8. The van der Waals surface area contributed by atoms with Gasteiger partial charge in [-0.1, -0.05) is 12.8 Å². The Balaban J connectivity index is 0.00000144. The number of amides is 1. The second kappa shape index (κ2) is 6.60. The van der Waals surface area contributed by atoms with E-state index in [9.17, 15) is 4.79 Å². The fourth-order valence-corrected chi connectivity index (χ4v) is 2.75. The van der Waals surface area contributed by atoms with Gasteiger partial charge < -0.3 is 11.1 Å². The van der Waals surface area contributed by atoms with E-state index >= 15 is 0 Å². The lowest BCUT2D eigenvalue weighted by Gasteiger charge is -2.28. The van der Waals surface area contributed by atoms with E-state index < -0.39 is 0 Å². The first-order valence-corrected chi connectivity index (χ1v) is 6.71. The summed E-state index contributed by atoms with van der Waals surface area (Å²) in [5.41, 5.74) is 6.05. The van der Waals surface area contributed by atoms with E-state index in [0.717, 1.165) is 18.8 Å². The van der Waals surface area contributed by atoms with Gasteiger partial charge in [0.1, 0.15) is 0 Å². The Hall–Kier alpha value is -0.280. The molecule has 100 valence electrons. The SMILES string of the molecule is CC(NC(=O)CC1CCCCC1N)C1CC1.Cl. The molecular weight excluding hydrogens is 236 g/mol. The normalized spacial score (nSPS) is 30.2. The van der Waals surface area contributed by atoms with Gasteiger partial charge in [-0.3, -0.25) is 4.79 Å². The topological polar surface area (TPSA) is 55.1 Å². The zero-order chi connectivity index (χ0) is 11.5. The Morgan fingerprint density at radius 1 is 1.29 bits per heavy atom. The van der Waals surface area contributed by atoms with E-state index in [2.05, 4.69) is 12.2 Å². The van der Waals surface area contributed by atoms with Crippen molar-refractivity contribution >= 4 is 18.3 Å². The average molecular weight is 261 g/mol. The van der Waals surface area contributed by atoms with E-state index in [4.69, 9.17) is 5.73 Å². The van der Waals surface area contributed by atoms with Crippen molar-refractivity contribution in [3.63, 3.8) is 0 Å². The van der Waals surface area contributed by atoms with E-state index in [-0.39, 0.29) is 24.4 Å². The van der Waals surface area contributed by atoms with Crippen molar-refractivity contribution in [1.82, 2.24) is 5.32 Å². The summed E-state index contributed by atoms with van der Waals surface area (Å²) in [6.45, 7) is 2.12. The number of halogens is 1. The van der Waals surface area contributed by atoms with Gasteiger partial charge in [-0.25, -0.2) is 0 Å². The van der Waals surface area contributed by atoms with Crippen LogP contribution in [0.25, 0.3) is 0 Å². The third kappa shape index (κ3) is 4.47. The smallest absolute Gasteiger partial charge is 0.220 e. The Labute approximate surface area is 110 Å². The average Bonchev–Trinajstić information content (AvgIpc) is 3.04. The fraction of sp³-hybridized carbons (Fsp3) is 0.923. The van der Waals surface area contributed by atoms with Gasteiger partial charge in [-0.2, -0.15) is 0 Å². The van der Waals surface area contributed by atoms with E-state index in [1.165, 1.54) is 25.7 Å². The van der Waals surface area contributed by atoms with Crippen molar-refractivity contribution in [2.45, 2.75) is 64.0 Å². The van der Waals surface area contributed by atoms with Gasteiger partial charge in [0, 0.05) is 18.5 Å². The van der Waals surface area contributed by atoms with Crippen LogP contribution in [-0.4, -0.2) is 18.0 Å². The monoisotopic (exact) mass is 260 g/mol. The minimum Gasteiger partial charge on any atom is -0.353 e. The van der Waals surface area contributed by atoms with Crippen molar-refractivity contribution in [1.29, 1.82) is 0 Å². The summed E-state index contributed by atoms with van der Waals surface area (Å²) < 4.78 is 0. The maximum atomic E-state index is 11.8. The molecule has 2 fully saturated rings. The van der Waals surface area contributed by atoms with Crippen LogP contribution in [-0.2, 0) is 4.79 Å². The molecule has 0 radical (unpaired) electrons. The lowest BCUT2D eigenvalue weighted by molar-refractivity contribution is -0.123. The van der Waals surface area contributed by atoms with Gasteiger partial charge in [-0.15, -0.1) is 12.4 Å². The fourth-order valence-electron chi connectivity index (χ4n) is 2.75. The minimum atomic E-state index is 0. The number of carbonyl (C=O) groups excluding carboxylic acids is 1. The summed E-state index contributed by atoms with van der Waals surface area (Å²) in [5, 5.41) is 3.12. The van der Waals surface area contributed by atoms with Crippen LogP contribution in [0.2, 0.25) is 0 Å². The Morgan fingerprint density at radius 3 is 2.53 bits per heavy atom. The van der Waals surface area contributed by atoms with Crippen LogP contribution in [0.4, 0.5) is 0 Å². The van der Waals surface area contributed by atoms with Gasteiger partial charge in [0.15, 0.2) is 0 Å². The number of hydrogen-bond donors (Lipinski definition) is 2. The Morgan fingerprint density at radius 2 is 1.94 bits per heavy atom. The number of carbonyl (C=O) groups is 1. The molecule has 17 heavy (non-hydrogen) atoms.